The summed E-state index contributed by atoms with van der Waals surface area (Å²) in [7, 11) is 1.59. The van der Waals surface area contributed by atoms with Gasteiger partial charge in [0, 0.05) is 18.2 Å². The molecule has 8 heteroatoms. The lowest BCUT2D eigenvalue weighted by Crippen LogP contribution is -2.44. The maximum absolute atomic E-state index is 13.2. The minimum absolute atomic E-state index is 0.164. The molecule has 8 nitrogen and oxygen atoms in total. The molecular formula is C21H21N3O5. The average Bonchev–Trinajstić information content (AvgIpc) is 3.47. The molecule has 29 heavy (non-hydrogen) atoms. The lowest BCUT2D eigenvalue weighted by Gasteiger charge is -2.23. The number of benzene rings is 1. The van der Waals surface area contributed by atoms with Gasteiger partial charge in [0.15, 0.2) is 5.82 Å². The molecule has 1 N–H and O–H groups in total. The number of anilines is 1. The van der Waals surface area contributed by atoms with Gasteiger partial charge >= 0.3 is 0 Å². The van der Waals surface area contributed by atoms with Crippen molar-refractivity contribution < 1.29 is 23.6 Å². The van der Waals surface area contributed by atoms with Gasteiger partial charge in [0.25, 0.3) is 0 Å². The fourth-order valence-electron chi connectivity index (χ4n) is 4.62. The smallest absolute Gasteiger partial charge is 0.235 e. The summed E-state index contributed by atoms with van der Waals surface area (Å²) in [5, 5.41) is 6.91. The maximum Gasteiger partial charge on any atom is 0.235 e. The quantitative estimate of drug-likeness (QED) is 0.773. The number of carbonyl (C=O) groups excluding carboxylic acids is 2. The molecule has 150 valence electrons. The largest absolute Gasteiger partial charge is 0.496 e. The van der Waals surface area contributed by atoms with Crippen molar-refractivity contribution in [3.8, 4) is 5.75 Å². The zero-order chi connectivity index (χ0) is 20.2. The molecule has 0 radical (unpaired) electrons. The molecule has 1 spiro atoms. The van der Waals surface area contributed by atoms with Crippen LogP contribution in [0, 0.1) is 18.8 Å². The first kappa shape index (κ1) is 17.9. The van der Waals surface area contributed by atoms with E-state index in [1.165, 1.54) is 0 Å². The van der Waals surface area contributed by atoms with E-state index in [1.54, 1.807) is 25.0 Å². The van der Waals surface area contributed by atoms with Crippen LogP contribution in [0.25, 0.3) is 0 Å². The maximum atomic E-state index is 13.2. The highest BCUT2D eigenvalue weighted by Gasteiger charge is 2.67. The lowest BCUT2D eigenvalue weighted by molar-refractivity contribution is -0.132. The van der Waals surface area contributed by atoms with E-state index in [1.807, 2.05) is 36.4 Å². The monoisotopic (exact) mass is 395 g/mol. The highest BCUT2D eigenvalue weighted by Crippen LogP contribution is 2.52. The number of carbonyl (C=O) groups is 2. The summed E-state index contributed by atoms with van der Waals surface area (Å²) in [6, 6.07) is 9.22. The molecule has 2 saturated heterocycles. The van der Waals surface area contributed by atoms with Gasteiger partial charge in [-0.2, -0.15) is 0 Å². The third kappa shape index (κ3) is 2.66. The van der Waals surface area contributed by atoms with E-state index in [4.69, 9.17) is 14.0 Å². The van der Waals surface area contributed by atoms with Crippen molar-refractivity contribution in [1.29, 1.82) is 0 Å². The Morgan fingerprint density at radius 1 is 1.41 bits per heavy atom. The third-order valence-electron chi connectivity index (χ3n) is 5.94. The van der Waals surface area contributed by atoms with E-state index in [9.17, 15) is 9.59 Å². The fourth-order valence-corrected chi connectivity index (χ4v) is 4.62. The zero-order valence-corrected chi connectivity index (χ0v) is 16.1. The second kappa shape index (κ2) is 6.45. The zero-order valence-electron chi connectivity index (χ0n) is 16.1. The van der Waals surface area contributed by atoms with E-state index in [2.05, 4.69) is 10.5 Å². The summed E-state index contributed by atoms with van der Waals surface area (Å²) in [4.78, 5) is 27.8. The number of ether oxygens (including phenoxy) is 2. The van der Waals surface area contributed by atoms with Crippen LogP contribution in [-0.4, -0.2) is 42.3 Å². The molecule has 0 saturated carbocycles. The van der Waals surface area contributed by atoms with Crippen molar-refractivity contribution in [3.63, 3.8) is 0 Å². The predicted molar refractivity (Wildman–Crippen MR) is 102 cm³/mol. The third-order valence-corrected chi connectivity index (χ3v) is 5.94. The number of nitrogens with one attached hydrogen (secondary N) is 1. The van der Waals surface area contributed by atoms with E-state index in [0.717, 1.165) is 5.56 Å². The number of para-hydroxylation sites is 1. The highest BCUT2D eigenvalue weighted by molar-refractivity contribution is 6.02. The standard InChI is InChI=1S/C21H21N3O5/c1-12-9-16(23-29-12)24-11-21-8-7-15(28-21)17(18(21)20(24)26)19(25)22-10-13-5-3-4-6-14(13)27-2/h3-9,15,17-18H,10-11H2,1-2H3,(H,22,25)/t15-,17-,18+,21+/m0/s1. The Hall–Kier alpha value is -3.13. The average molecular weight is 395 g/mol. The molecule has 2 fully saturated rings. The van der Waals surface area contributed by atoms with Crippen LogP contribution in [0.5, 0.6) is 5.75 Å². The van der Waals surface area contributed by atoms with Gasteiger partial charge < -0.3 is 19.3 Å². The minimum Gasteiger partial charge on any atom is -0.496 e. The Morgan fingerprint density at radius 2 is 2.24 bits per heavy atom. The number of hydrogen-bond donors (Lipinski definition) is 1. The van der Waals surface area contributed by atoms with Crippen molar-refractivity contribution >= 4 is 17.6 Å². The van der Waals surface area contributed by atoms with Gasteiger partial charge in [-0.25, -0.2) is 0 Å². The number of amides is 2. The number of fused-ring (bicyclic) bond motifs is 1. The van der Waals surface area contributed by atoms with Gasteiger partial charge in [-0.3, -0.25) is 14.5 Å². The van der Waals surface area contributed by atoms with Crippen molar-refractivity contribution in [2.24, 2.45) is 11.8 Å². The molecule has 1 aromatic carbocycles. The Kier molecular flexibility index (Phi) is 3.99. The number of hydrogen-bond acceptors (Lipinski definition) is 6. The molecule has 0 aliphatic carbocycles. The lowest BCUT2D eigenvalue weighted by atomic mass is 9.77. The summed E-state index contributed by atoms with van der Waals surface area (Å²) in [6.45, 7) is 2.41. The summed E-state index contributed by atoms with van der Waals surface area (Å²) >= 11 is 0. The topological polar surface area (TPSA) is 93.9 Å². The molecular weight excluding hydrogens is 374 g/mol. The van der Waals surface area contributed by atoms with E-state index in [0.29, 0.717) is 30.4 Å². The van der Waals surface area contributed by atoms with Crippen molar-refractivity contribution in [1.82, 2.24) is 10.5 Å². The fraction of sp³-hybridized carbons (Fsp3) is 0.381. The Morgan fingerprint density at radius 3 is 3.00 bits per heavy atom. The van der Waals surface area contributed by atoms with Crippen molar-refractivity contribution in [2.45, 2.75) is 25.2 Å². The number of methoxy groups -OCH3 is 1. The Labute approximate surface area is 167 Å². The molecule has 4 atom stereocenters. The molecule has 0 unspecified atom stereocenters. The Bertz CT molecular complexity index is 1020. The molecule has 5 rings (SSSR count). The van der Waals surface area contributed by atoms with E-state index in [-0.39, 0.29) is 11.8 Å². The van der Waals surface area contributed by atoms with Crippen molar-refractivity contribution in [3.05, 3.63) is 53.8 Å². The second-order valence-corrected chi connectivity index (χ2v) is 7.65. The Balaban J connectivity index is 1.37. The summed E-state index contributed by atoms with van der Waals surface area (Å²) in [5.41, 5.74) is 0.0799. The van der Waals surface area contributed by atoms with Crippen LogP contribution in [-0.2, 0) is 20.9 Å². The summed E-state index contributed by atoms with van der Waals surface area (Å²) in [6.07, 6.45) is 3.40. The number of aromatic nitrogens is 1. The van der Waals surface area contributed by atoms with E-state index >= 15 is 0 Å². The highest BCUT2D eigenvalue weighted by atomic mass is 16.5. The van der Waals surface area contributed by atoms with Gasteiger partial charge in [0.2, 0.25) is 11.8 Å². The van der Waals surface area contributed by atoms with Gasteiger partial charge in [0.05, 0.1) is 31.6 Å². The first-order chi connectivity index (χ1) is 14.0. The first-order valence-electron chi connectivity index (χ1n) is 9.54. The molecule has 2 aromatic rings. The SMILES string of the molecule is COc1ccccc1CNC(=O)[C@H]1[C@@H]2C=C[C@]3(CN(c4cc(C)on4)C(=O)[C@@H]13)O2. The number of nitrogens with zero attached hydrogens (tertiary/aromatic N) is 2. The van der Waals surface area contributed by atoms with E-state index < -0.39 is 23.5 Å². The second-order valence-electron chi connectivity index (χ2n) is 7.65. The van der Waals surface area contributed by atoms with Crippen LogP contribution < -0.4 is 15.0 Å². The van der Waals surface area contributed by atoms with Crippen LogP contribution in [0.4, 0.5) is 5.82 Å². The van der Waals surface area contributed by atoms with Crippen LogP contribution in [0.2, 0.25) is 0 Å². The normalized spacial score (nSPS) is 29.4. The molecule has 3 aliphatic heterocycles. The predicted octanol–water partition coefficient (Wildman–Crippen LogP) is 1.59. The van der Waals surface area contributed by atoms with Gasteiger partial charge in [0.1, 0.15) is 17.1 Å². The van der Waals surface area contributed by atoms with Crippen LogP contribution >= 0.6 is 0 Å². The molecule has 2 amide bonds. The van der Waals surface area contributed by atoms with Crippen LogP contribution in [0.3, 0.4) is 0 Å². The molecule has 1 aromatic heterocycles. The molecule has 2 bridgehead atoms. The molecule has 3 aliphatic rings. The number of rotatable bonds is 5. The molecule has 4 heterocycles. The van der Waals surface area contributed by atoms with Gasteiger partial charge in [-0.1, -0.05) is 35.5 Å². The summed E-state index contributed by atoms with van der Waals surface area (Å²) in [5.74, 6) is 0.246. The van der Waals surface area contributed by atoms with Crippen molar-refractivity contribution in [2.75, 3.05) is 18.6 Å². The minimum atomic E-state index is -0.791. The van der Waals surface area contributed by atoms with Crippen LogP contribution in [0.15, 0.2) is 47.0 Å². The van der Waals surface area contributed by atoms with Crippen LogP contribution in [0.1, 0.15) is 11.3 Å². The first-order valence-corrected chi connectivity index (χ1v) is 9.54. The number of aryl methyl sites for hydroxylation is 1. The van der Waals surface area contributed by atoms with Gasteiger partial charge in [-0.05, 0) is 13.0 Å². The van der Waals surface area contributed by atoms with Gasteiger partial charge in [-0.15, -0.1) is 0 Å². The summed E-state index contributed by atoms with van der Waals surface area (Å²) < 4.78 is 16.6.